The van der Waals surface area contributed by atoms with E-state index >= 15 is 0 Å². The van der Waals surface area contributed by atoms with Gasteiger partial charge in [-0.15, -0.1) is 0 Å². The van der Waals surface area contributed by atoms with Gasteiger partial charge in [0.25, 0.3) is 0 Å². The number of quaternary nitrogens is 2. The molecule has 0 amide bonds. The third-order valence-electron chi connectivity index (χ3n) is 4.98. The van der Waals surface area contributed by atoms with Crippen LogP contribution in [0.2, 0.25) is 0 Å². The van der Waals surface area contributed by atoms with Crippen molar-refractivity contribution in [2.45, 2.75) is 135 Å². The van der Waals surface area contributed by atoms with Crippen LogP contribution in [0.5, 0.6) is 0 Å². The maximum atomic E-state index is 10.3. The van der Waals surface area contributed by atoms with Gasteiger partial charge in [-0.3, -0.25) is 0 Å². The Morgan fingerprint density at radius 1 is 0.519 bits per heavy atom. The molecule has 0 unspecified atom stereocenters. The van der Waals surface area contributed by atoms with Crippen molar-refractivity contribution < 1.29 is 22.3 Å². The van der Waals surface area contributed by atoms with Gasteiger partial charge in [0.15, 0.2) is 0 Å². The third-order valence-corrected chi connectivity index (χ3v) is 4.98. The first-order valence-electron chi connectivity index (χ1n) is 11.0. The van der Waals surface area contributed by atoms with E-state index in [0.717, 1.165) is 12.8 Å². The number of carboxylic acid groups (broad SMARTS) is 1. The third kappa shape index (κ3) is 33.7. The molecular formula is C22H51ClN2O2. The van der Waals surface area contributed by atoms with E-state index in [0.29, 0.717) is 0 Å². The Hall–Kier alpha value is -0.320. The molecule has 4 nitrogen and oxygen atoms in total. The lowest BCUT2D eigenvalue weighted by Crippen LogP contribution is -3.00. The summed E-state index contributed by atoms with van der Waals surface area (Å²) in [5.41, 5.74) is 0. The molecule has 0 aliphatic rings. The molecule has 27 heavy (non-hydrogen) atoms. The van der Waals surface area contributed by atoms with Gasteiger partial charge < -0.3 is 34.6 Å². The second kappa shape index (κ2) is 30.4. The van der Waals surface area contributed by atoms with Gasteiger partial charge in [0, 0.05) is 5.97 Å². The van der Waals surface area contributed by atoms with E-state index in [1.54, 1.807) is 0 Å². The van der Waals surface area contributed by atoms with Crippen molar-refractivity contribution in [2.75, 3.05) is 0 Å². The summed E-state index contributed by atoms with van der Waals surface area (Å²) in [6, 6.07) is 0. The monoisotopic (exact) mass is 410 g/mol. The topological polar surface area (TPSA) is 113 Å². The highest BCUT2D eigenvalue weighted by Crippen LogP contribution is 2.14. The zero-order valence-electron chi connectivity index (χ0n) is 18.8. The molecule has 0 aromatic carbocycles. The summed E-state index contributed by atoms with van der Waals surface area (Å²) in [7, 11) is 0. The first kappa shape index (κ1) is 34.2. The number of hydrogen-bond donors (Lipinski definition) is 2. The molecule has 0 aromatic heterocycles. The van der Waals surface area contributed by atoms with Crippen LogP contribution in [-0.4, -0.2) is 5.97 Å². The largest absolute Gasteiger partial charge is 1.00 e. The quantitative estimate of drug-likeness (QED) is 0.291. The Morgan fingerprint density at radius 3 is 0.963 bits per heavy atom. The Kier molecular flexibility index (Phi) is 38.5. The number of carbonyl (C=O) groups excluding carboxylic acids is 1. The van der Waals surface area contributed by atoms with Crippen molar-refractivity contribution in [2.24, 2.45) is 0 Å². The molecular weight excluding hydrogens is 360 g/mol. The molecule has 0 spiro atoms. The lowest BCUT2D eigenvalue weighted by molar-refractivity contribution is -0.305. The summed E-state index contributed by atoms with van der Waals surface area (Å²) in [4.78, 5) is 10.3. The Balaban J connectivity index is -0.000000882. The molecule has 0 rings (SSSR count). The number of halogens is 1. The van der Waals surface area contributed by atoms with Crippen molar-refractivity contribution in [3.05, 3.63) is 0 Å². The SMILES string of the molecule is CCCCCCCCCCCCCCCCCCCCCC(=O)[O-].[Cl-].[NH4+].[NH4+]. The number of carbonyl (C=O) groups is 1. The second-order valence-electron chi connectivity index (χ2n) is 7.49. The molecule has 0 saturated carbocycles. The Morgan fingerprint density at radius 2 is 0.741 bits per heavy atom. The molecule has 0 aromatic rings. The standard InChI is InChI=1S/C22H44O2.ClH.2H3N/c1-2-3-4-5-6-7-8-9-10-11-12-13-14-15-16-17-18-19-20-21-22(23)24;;;/h2-21H2,1H3,(H,23,24);1H;2*1H3. The molecule has 0 atom stereocenters. The van der Waals surface area contributed by atoms with Crippen LogP contribution in [0.3, 0.4) is 0 Å². The summed E-state index contributed by atoms with van der Waals surface area (Å²) in [5, 5.41) is 10.3. The average molecular weight is 411 g/mol. The number of unbranched alkanes of at least 4 members (excludes halogenated alkanes) is 18. The number of hydrogen-bond acceptors (Lipinski definition) is 2. The molecule has 0 aliphatic heterocycles. The number of aliphatic carboxylic acids is 1. The van der Waals surface area contributed by atoms with Gasteiger partial charge in [-0.25, -0.2) is 0 Å². The summed E-state index contributed by atoms with van der Waals surface area (Å²) >= 11 is 0. The van der Waals surface area contributed by atoms with Crippen LogP contribution in [0.4, 0.5) is 0 Å². The van der Waals surface area contributed by atoms with Crippen molar-refractivity contribution in [3.8, 4) is 0 Å². The van der Waals surface area contributed by atoms with Crippen LogP contribution in [0.15, 0.2) is 0 Å². The van der Waals surface area contributed by atoms with E-state index in [9.17, 15) is 9.90 Å². The fourth-order valence-electron chi connectivity index (χ4n) is 3.35. The molecule has 5 heteroatoms. The van der Waals surface area contributed by atoms with Crippen LogP contribution in [0.25, 0.3) is 0 Å². The maximum Gasteiger partial charge on any atom is 0.0414 e. The molecule has 168 valence electrons. The lowest BCUT2D eigenvalue weighted by atomic mass is 10.0. The van der Waals surface area contributed by atoms with Crippen LogP contribution in [0.1, 0.15) is 135 Å². The minimum atomic E-state index is -0.901. The maximum absolute atomic E-state index is 10.3. The lowest BCUT2D eigenvalue weighted by Gasteiger charge is -2.04. The molecule has 0 aliphatic carbocycles. The van der Waals surface area contributed by atoms with Gasteiger partial charge in [-0.2, -0.15) is 0 Å². The van der Waals surface area contributed by atoms with E-state index in [2.05, 4.69) is 6.92 Å². The van der Waals surface area contributed by atoms with E-state index < -0.39 is 5.97 Å². The highest BCUT2D eigenvalue weighted by Gasteiger charge is 1.95. The van der Waals surface area contributed by atoms with E-state index in [1.165, 1.54) is 109 Å². The Bertz CT molecular complexity index is 267. The van der Waals surface area contributed by atoms with Gasteiger partial charge in [-0.1, -0.05) is 122 Å². The number of carboxylic acids is 1. The minimum absolute atomic E-state index is 0. The zero-order chi connectivity index (χ0) is 17.7. The summed E-state index contributed by atoms with van der Waals surface area (Å²) in [6.07, 6.45) is 25.7. The predicted molar refractivity (Wildman–Crippen MR) is 115 cm³/mol. The van der Waals surface area contributed by atoms with Crippen LogP contribution in [-0.2, 0) is 4.79 Å². The summed E-state index contributed by atoms with van der Waals surface area (Å²) in [5.74, 6) is -0.901. The fourth-order valence-corrected chi connectivity index (χ4v) is 3.35. The van der Waals surface area contributed by atoms with Crippen LogP contribution >= 0.6 is 0 Å². The summed E-state index contributed by atoms with van der Waals surface area (Å²) < 4.78 is 0. The smallest absolute Gasteiger partial charge is 0.0414 e. The fraction of sp³-hybridized carbons (Fsp3) is 0.955. The predicted octanol–water partition coefficient (Wildman–Crippen LogP) is 4.31. The van der Waals surface area contributed by atoms with E-state index in [-0.39, 0.29) is 31.1 Å². The van der Waals surface area contributed by atoms with Crippen molar-refractivity contribution in [3.63, 3.8) is 0 Å². The van der Waals surface area contributed by atoms with E-state index in [1.807, 2.05) is 0 Å². The molecule has 0 radical (unpaired) electrons. The normalized spacial score (nSPS) is 9.81. The van der Waals surface area contributed by atoms with E-state index in [4.69, 9.17) is 0 Å². The first-order valence-corrected chi connectivity index (χ1v) is 11.0. The van der Waals surface area contributed by atoms with Gasteiger partial charge >= 0.3 is 0 Å². The average Bonchev–Trinajstić information content (AvgIpc) is 2.56. The molecule has 8 N–H and O–H groups in total. The van der Waals surface area contributed by atoms with Gasteiger partial charge in [-0.05, 0) is 12.8 Å². The highest BCUT2D eigenvalue weighted by molar-refractivity contribution is 5.63. The van der Waals surface area contributed by atoms with Gasteiger partial charge in [0.2, 0.25) is 0 Å². The minimum Gasteiger partial charge on any atom is -1.00 e. The van der Waals surface area contributed by atoms with Crippen molar-refractivity contribution in [1.82, 2.24) is 12.3 Å². The zero-order valence-corrected chi connectivity index (χ0v) is 19.6. The Labute approximate surface area is 176 Å². The van der Waals surface area contributed by atoms with Gasteiger partial charge in [0.1, 0.15) is 0 Å². The van der Waals surface area contributed by atoms with Crippen LogP contribution < -0.4 is 29.8 Å². The van der Waals surface area contributed by atoms with Gasteiger partial charge in [0.05, 0.1) is 0 Å². The highest BCUT2D eigenvalue weighted by atomic mass is 35.5. The molecule has 0 fully saturated rings. The van der Waals surface area contributed by atoms with Crippen LogP contribution in [0, 0.1) is 0 Å². The summed E-state index contributed by atoms with van der Waals surface area (Å²) in [6.45, 7) is 2.28. The molecule has 0 saturated heterocycles. The number of rotatable bonds is 20. The first-order chi connectivity index (χ1) is 11.8. The van der Waals surface area contributed by atoms with Crippen molar-refractivity contribution in [1.29, 1.82) is 0 Å². The second-order valence-corrected chi connectivity index (χ2v) is 7.49. The van der Waals surface area contributed by atoms with Crippen molar-refractivity contribution >= 4 is 5.97 Å². The molecule has 0 bridgehead atoms. The molecule has 0 heterocycles.